The van der Waals surface area contributed by atoms with Gasteiger partial charge in [-0.05, 0) is 61.1 Å². The number of amides is 2. The Hall–Kier alpha value is -3.75. The second kappa shape index (κ2) is 11.6. The van der Waals surface area contributed by atoms with Gasteiger partial charge >= 0.3 is 0 Å². The monoisotopic (exact) mass is 481 g/mol. The number of halogens is 1. The van der Waals surface area contributed by atoms with Crippen LogP contribution >= 0.6 is 0 Å². The summed E-state index contributed by atoms with van der Waals surface area (Å²) in [4.78, 5) is 45.9. The van der Waals surface area contributed by atoms with Crippen molar-refractivity contribution in [2.75, 3.05) is 19.4 Å². The maximum Gasteiger partial charge on any atom is 0.274 e. The molecule has 0 spiro atoms. The molecule has 0 aliphatic rings. The van der Waals surface area contributed by atoms with Crippen molar-refractivity contribution >= 4 is 28.5 Å². The zero-order valence-electron chi connectivity index (χ0n) is 20.6. The Morgan fingerprint density at radius 1 is 1.29 bits per heavy atom. The van der Waals surface area contributed by atoms with Crippen molar-refractivity contribution in [3.8, 4) is 0 Å². The molecule has 0 bridgehead atoms. The number of anilines is 1. The third-order valence-corrected chi connectivity index (χ3v) is 5.40. The molecule has 0 saturated heterocycles. The molecular formula is C26H32FN5O3. The molecule has 0 unspecified atom stereocenters. The van der Waals surface area contributed by atoms with Gasteiger partial charge in [0.2, 0.25) is 11.8 Å². The van der Waals surface area contributed by atoms with Gasteiger partial charge in [-0.1, -0.05) is 19.9 Å². The third kappa shape index (κ3) is 7.11. The molecule has 0 aliphatic heterocycles. The van der Waals surface area contributed by atoms with Gasteiger partial charge in [-0.3, -0.25) is 14.4 Å². The van der Waals surface area contributed by atoms with Crippen molar-refractivity contribution in [1.82, 2.24) is 19.4 Å². The van der Waals surface area contributed by atoms with Crippen molar-refractivity contribution < 1.29 is 14.0 Å². The van der Waals surface area contributed by atoms with Crippen LogP contribution in [0.5, 0.6) is 0 Å². The molecular weight excluding hydrogens is 449 g/mol. The molecule has 186 valence electrons. The lowest BCUT2D eigenvalue weighted by Crippen LogP contribution is -2.26. The number of pyridine rings is 1. The van der Waals surface area contributed by atoms with Crippen molar-refractivity contribution in [3.05, 3.63) is 70.2 Å². The summed E-state index contributed by atoms with van der Waals surface area (Å²) in [6.07, 6.45) is 6.89. The van der Waals surface area contributed by atoms with Gasteiger partial charge in [0.15, 0.2) is 0 Å². The van der Waals surface area contributed by atoms with Crippen LogP contribution in [0.25, 0.3) is 11.0 Å². The highest BCUT2D eigenvalue weighted by Crippen LogP contribution is 2.22. The number of aromatic nitrogens is 3. The zero-order valence-corrected chi connectivity index (χ0v) is 20.6. The van der Waals surface area contributed by atoms with Crippen LogP contribution < -0.4 is 10.9 Å². The van der Waals surface area contributed by atoms with Gasteiger partial charge in [0.25, 0.3) is 5.56 Å². The number of nitrogens with one attached hydrogen (secondary N) is 2. The molecule has 3 rings (SSSR count). The molecule has 2 heterocycles. The summed E-state index contributed by atoms with van der Waals surface area (Å²) in [6, 6.07) is 6.14. The van der Waals surface area contributed by atoms with Gasteiger partial charge < -0.3 is 19.8 Å². The molecule has 0 aliphatic carbocycles. The first-order valence-electron chi connectivity index (χ1n) is 11.7. The van der Waals surface area contributed by atoms with E-state index in [0.717, 1.165) is 5.56 Å². The van der Waals surface area contributed by atoms with Crippen molar-refractivity contribution in [2.45, 2.75) is 46.1 Å². The average Bonchev–Trinajstić information content (AvgIpc) is 3.18. The van der Waals surface area contributed by atoms with Crippen LogP contribution in [-0.2, 0) is 22.6 Å². The summed E-state index contributed by atoms with van der Waals surface area (Å²) in [6.45, 7) is 4.28. The smallest absolute Gasteiger partial charge is 0.274 e. The number of carbonyl (C=O) groups is 2. The van der Waals surface area contributed by atoms with Crippen LogP contribution in [0.3, 0.4) is 0 Å². The lowest BCUT2D eigenvalue weighted by atomic mass is 10.0. The summed E-state index contributed by atoms with van der Waals surface area (Å²) in [7, 11) is 3.34. The Bertz CT molecular complexity index is 1290. The molecule has 3 aromatic rings. The number of unbranched alkanes of at least 4 members (excludes halogenated alkanes) is 1. The van der Waals surface area contributed by atoms with E-state index < -0.39 is 0 Å². The minimum absolute atomic E-state index is 0.106. The average molecular weight is 482 g/mol. The Kier molecular flexibility index (Phi) is 8.57. The van der Waals surface area contributed by atoms with E-state index in [1.54, 1.807) is 38.5 Å². The van der Waals surface area contributed by atoms with E-state index in [0.29, 0.717) is 42.0 Å². The van der Waals surface area contributed by atoms with Crippen LogP contribution in [0.15, 0.2) is 47.4 Å². The lowest BCUT2D eigenvalue weighted by molar-refractivity contribution is -0.123. The Labute approximate surface area is 203 Å². The van der Waals surface area contributed by atoms with E-state index in [-0.39, 0.29) is 41.8 Å². The molecule has 0 saturated carbocycles. The van der Waals surface area contributed by atoms with E-state index in [1.807, 2.05) is 0 Å². The van der Waals surface area contributed by atoms with Crippen LogP contribution in [0, 0.1) is 11.7 Å². The number of carbonyl (C=O) groups excluding carboxylic acids is 2. The number of nitrogens with zero attached hydrogens (tertiary/aromatic N) is 3. The predicted molar refractivity (Wildman–Crippen MR) is 135 cm³/mol. The normalized spacial score (nSPS) is 11.5. The summed E-state index contributed by atoms with van der Waals surface area (Å²) in [5.41, 5.74) is 1.94. The molecule has 2 N–H and O–H groups in total. The van der Waals surface area contributed by atoms with Crippen molar-refractivity contribution in [2.24, 2.45) is 5.92 Å². The molecule has 0 fully saturated rings. The Morgan fingerprint density at radius 2 is 2.06 bits per heavy atom. The maximum atomic E-state index is 14.1. The van der Waals surface area contributed by atoms with Crippen LogP contribution in [0.1, 0.15) is 44.5 Å². The maximum absolute atomic E-state index is 14.1. The lowest BCUT2D eigenvalue weighted by Gasteiger charge is -2.08. The second-order valence-corrected chi connectivity index (χ2v) is 9.17. The minimum atomic E-state index is -0.355. The molecule has 0 atom stereocenters. The van der Waals surface area contributed by atoms with Crippen LogP contribution in [0.2, 0.25) is 0 Å². The van der Waals surface area contributed by atoms with Crippen molar-refractivity contribution in [1.29, 1.82) is 0 Å². The molecule has 35 heavy (non-hydrogen) atoms. The fourth-order valence-corrected chi connectivity index (χ4v) is 3.72. The van der Waals surface area contributed by atoms with E-state index >= 15 is 0 Å². The van der Waals surface area contributed by atoms with Gasteiger partial charge in [-0.2, -0.15) is 0 Å². The Balaban J connectivity index is 1.66. The number of imidazole rings is 1. The summed E-state index contributed by atoms with van der Waals surface area (Å²) in [5.74, 6) is 0.166. The van der Waals surface area contributed by atoms with Gasteiger partial charge in [0, 0.05) is 26.7 Å². The number of hydrogen-bond donors (Lipinski definition) is 2. The molecule has 9 heteroatoms. The largest absolute Gasteiger partial charge is 0.345 e. The van der Waals surface area contributed by atoms with E-state index in [4.69, 9.17) is 0 Å². The standard InChI is InChI=1S/C26H32FN5O3/c1-17(2)13-18-14-19(27)15-21-25(18)30-22(28-21)16-32-12-8-9-20(26(32)35)29-23(33)10-6-5-7-11-24(34)31(3)4/h7-9,11-12,14-15,17H,5-6,10,13,16H2,1-4H3,(H,28,30)(H,29,33)/b11-7+. The first-order valence-corrected chi connectivity index (χ1v) is 11.7. The second-order valence-electron chi connectivity index (χ2n) is 9.17. The highest BCUT2D eigenvalue weighted by Gasteiger charge is 2.13. The first-order chi connectivity index (χ1) is 16.6. The fourth-order valence-electron chi connectivity index (χ4n) is 3.72. The van der Waals surface area contributed by atoms with Gasteiger partial charge in [-0.25, -0.2) is 9.37 Å². The van der Waals surface area contributed by atoms with Gasteiger partial charge in [0.1, 0.15) is 17.3 Å². The van der Waals surface area contributed by atoms with E-state index in [2.05, 4.69) is 29.1 Å². The number of fused-ring (bicyclic) bond motifs is 1. The van der Waals surface area contributed by atoms with E-state index in [1.165, 1.54) is 27.7 Å². The van der Waals surface area contributed by atoms with E-state index in [9.17, 15) is 18.8 Å². The molecule has 1 aromatic carbocycles. The summed E-state index contributed by atoms with van der Waals surface area (Å²) in [5, 5.41) is 2.67. The molecule has 2 amide bonds. The fraction of sp³-hybridized carbons (Fsp3) is 0.385. The zero-order chi connectivity index (χ0) is 25.5. The molecule has 0 radical (unpaired) electrons. The van der Waals surface area contributed by atoms with Gasteiger partial charge in [-0.15, -0.1) is 0 Å². The minimum Gasteiger partial charge on any atom is -0.345 e. The topological polar surface area (TPSA) is 100 Å². The number of aromatic amines is 1. The predicted octanol–water partition coefficient (Wildman–Crippen LogP) is 3.86. The molecule has 2 aromatic heterocycles. The quantitative estimate of drug-likeness (QED) is 0.339. The summed E-state index contributed by atoms with van der Waals surface area (Å²) >= 11 is 0. The number of allylic oxidation sites excluding steroid dienone is 1. The first kappa shape index (κ1) is 25.9. The highest BCUT2D eigenvalue weighted by atomic mass is 19.1. The highest BCUT2D eigenvalue weighted by molar-refractivity contribution is 5.90. The van der Waals surface area contributed by atoms with Crippen LogP contribution in [0.4, 0.5) is 10.1 Å². The molecule has 8 nitrogen and oxygen atoms in total. The number of likely N-dealkylation sites (N-methyl/N-ethyl adjacent to an activating group) is 1. The van der Waals surface area contributed by atoms with Gasteiger partial charge in [0.05, 0.1) is 17.6 Å². The number of hydrogen-bond acceptors (Lipinski definition) is 4. The number of rotatable bonds is 10. The van der Waals surface area contributed by atoms with Crippen LogP contribution in [-0.4, -0.2) is 45.3 Å². The number of H-pyrrole nitrogens is 1. The number of benzene rings is 1. The summed E-state index contributed by atoms with van der Waals surface area (Å²) < 4.78 is 15.5. The SMILES string of the molecule is CC(C)Cc1cc(F)cc2[nH]c(Cn3cccc(NC(=O)CCC/C=C/C(=O)N(C)C)c3=O)nc12. The van der Waals surface area contributed by atoms with Crippen molar-refractivity contribution in [3.63, 3.8) is 0 Å². The third-order valence-electron chi connectivity index (χ3n) is 5.40. The Morgan fingerprint density at radius 3 is 2.77 bits per heavy atom.